The minimum atomic E-state index is 0.607. The molecule has 1 saturated carbocycles. The lowest BCUT2D eigenvalue weighted by atomic mass is 10.0. The Morgan fingerprint density at radius 2 is 1.82 bits per heavy atom. The van der Waals surface area contributed by atoms with E-state index in [0.717, 1.165) is 12.5 Å². The number of piperidine rings is 1. The van der Waals surface area contributed by atoms with Crippen LogP contribution in [-0.2, 0) is 4.74 Å². The van der Waals surface area contributed by atoms with Crippen LogP contribution in [0.25, 0.3) is 0 Å². The molecule has 1 N–H and O–H groups in total. The lowest BCUT2D eigenvalue weighted by Gasteiger charge is -2.36. The van der Waals surface area contributed by atoms with E-state index in [2.05, 4.69) is 24.1 Å². The quantitative estimate of drug-likeness (QED) is 0.767. The third-order valence-electron chi connectivity index (χ3n) is 4.25. The Labute approximate surface area is 106 Å². The van der Waals surface area contributed by atoms with Crippen molar-refractivity contribution in [2.24, 2.45) is 5.92 Å². The van der Waals surface area contributed by atoms with Gasteiger partial charge in [0.15, 0.2) is 0 Å². The molecule has 2 rings (SSSR count). The molecule has 100 valence electrons. The minimum Gasteiger partial charge on any atom is -0.383 e. The van der Waals surface area contributed by atoms with Crippen LogP contribution < -0.4 is 5.32 Å². The molecular formula is C14H28N2O. The van der Waals surface area contributed by atoms with E-state index in [4.69, 9.17) is 4.74 Å². The van der Waals surface area contributed by atoms with E-state index in [1.807, 2.05) is 7.11 Å². The van der Waals surface area contributed by atoms with Crippen molar-refractivity contribution < 1.29 is 4.74 Å². The van der Waals surface area contributed by atoms with Crippen LogP contribution in [0.5, 0.6) is 0 Å². The Balaban J connectivity index is 1.72. The molecule has 2 fully saturated rings. The van der Waals surface area contributed by atoms with Gasteiger partial charge in [-0.25, -0.2) is 0 Å². The van der Waals surface area contributed by atoms with Crippen molar-refractivity contribution in [3.8, 4) is 0 Å². The summed E-state index contributed by atoms with van der Waals surface area (Å²) < 4.78 is 5.33. The molecule has 17 heavy (non-hydrogen) atoms. The van der Waals surface area contributed by atoms with Gasteiger partial charge in [-0.05, 0) is 58.5 Å². The van der Waals surface area contributed by atoms with Gasteiger partial charge in [0, 0.05) is 25.2 Å². The normalized spacial score (nSPS) is 25.4. The first kappa shape index (κ1) is 13.3. The number of hydrogen-bond acceptors (Lipinski definition) is 3. The molecular weight excluding hydrogens is 212 g/mol. The average Bonchev–Trinajstić information content (AvgIpc) is 3.13. The van der Waals surface area contributed by atoms with Crippen LogP contribution in [-0.4, -0.2) is 49.8 Å². The fourth-order valence-corrected chi connectivity index (χ4v) is 2.88. The van der Waals surface area contributed by atoms with Gasteiger partial charge in [-0.15, -0.1) is 0 Å². The molecule has 0 amide bonds. The van der Waals surface area contributed by atoms with Crippen LogP contribution in [0.2, 0.25) is 0 Å². The summed E-state index contributed by atoms with van der Waals surface area (Å²) in [6.45, 7) is 7.98. The fourth-order valence-electron chi connectivity index (χ4n) is 2.88. The van der Waals surface area contributed by atoms with Gasteiger partial charge in [-0.1, -0.05) is 0 Å². The molecule has 3 nitrogen and oxygen atoms in total. The number of ether oxygens (including phenoxy) is 1. The molecule has 2 aliphatic rings. The Kier molecular flexibility index (Phi) is 4.83. The molecule has 0 aromatic carbocycles. The third-order valence-corrected chi connectivity index (χ3v) is 4.25. The number of rotatable bonds is 6. The van der Waals surface area contributed by atoms with Gasteiger partial charge in [0.05, 0.1) is 6.61 Å². The Morgan fingerprint density at radius 1 is 1.18 bits per heavy atom. The van der Waals surface area contributed by atoms with Crippen LogP contribution in [0.4, 0.5) is 0 Å². The molecule has 1 atom stereocenters. The van der Waals surface area contributed by atoms with Gasteiger partial charge in [0.25, 0.3) is 0 Å². The molecule has 1 saturated heterocycles. The van der Waals surface area contributed by atoms with Crippen molar-refractivity contribution in [1.29, 1.82) is 0 Å². The lowest BCUT2D eigenvalue weighted by molar-refractivity contribution is 0.123. The monoisotopic (exact) mass is 240 g/mol. The van der Waals surface area contributed by atoms with E-state index < -0.39 is 0 Å². The highest BCUT2D eigenvalue weighted by Crippen LogP contribution is 2.33. The number of hydrogen-bond donors (Lipinski definition) is 1. The summed E-state index contributed by atoms with van der Waals surface area (Å²) in [5.41, 5.74) is 0. The maximum absolute atomic E-state index is 5.33. The summed E-state index contributed by atoms with van der Waals surface area (Å²) in [6, 6.07) is 2.02. The van der Waals surface area contributed by atoms with Gasteiger partial charge < -0.3 is 15.0 Å². The predicted octanol–water partition coefficient (Wildman–Crippen LogP) is 1.87. The summed E-state index contributed by atoms with van der Waals surface area (Å²) in [5, 5.41) is 3.83. The van der Waals surface area contributed by atoms with Crippen molar-refractivity contribution in [1.82, 2.24) is 10.2 Å². The largest absolute Gasteiger partial charge is 0.383 e. The summed E-state index contributed by atoms with van der Waals surface area (Å²) in [7, 11) is 1.82. The number of likely N-dealkylation sites (tertiary alicyclic amines) is 1. The second kappa shape index (κ2) is 6.17. The predicted molar refractivity (Wildman–Crippen MR) is 71.3 cm³/mol. The Hall–Kier alpha value is -0.120. The van der Waals surface area contributed by atoms with Crippen molar-refractivity contribution in [3.63, 3.8) is 0 Å². The molecule has 1 heterocycles. The van der Waals surface area contributed by atoms with E-state index in [1.54, 1.807) is 0 Å². The third kappa shape index (κ3) is 3.94. The summed E-state index contributed by atoms with van der Waals surface area (Å²) in [4.78, 5) is 2.58. The van der Waals surface area contributed by atoms with Gasteiger partial charge in [-0.3, -0.25) is 0 Å². The van der Waals surface area contributed by atoms with Gasteiger partial charge in [-0.2, -0.15) is 0 Å². The van der Waals surface area contributed by atoms with Crippen LogP contribution >= 0.6 is 0 Å². The first-order chi connectivity index (χ1) is 8.20. The van der Waals surface area contributed by atoms with Crippen molar-refractivity contribution in [2.75, 3.05) is 26.8 Å². The number of nitrogens with one attached hydrogen (secondary N) is 1. The second-order valence-electron chi connectivity index (χ2n) is 5.97. The van der Waals surface area contributed by atoms with E-state index in [9.17, 15) is 0 Å². The van der Waals surface area contributed by atoms with Crippen molar-refractivity contribution in [3.05, 3.63) is 0 Å². The fraction of sp³-hybridized carbons (Fsp3) is 1.00. The van der Waals surface area contributed by atoms with Gasteiger partial charge in [0.1, 0.15) is 0 Å². The van der Waals surface area contributed by atoms with Crippen LogP contribution in [0.1, 0.15) is 39.5 Å². The highest BCUT2D eigenvalue weighted by Gasteiger charge is 2.33. The molecule has 0 bridgehead atoms. The second-order valence-corrected chi connectivity index (χ2v) is 5.97. The summed E-state index contributed by atoms with van der Waals surface area (Å²) in [6.07, 6.45) is 5.38. The molecule has 1 unspecified atom stereocenters. The molecule has 0 radical (unpaired) electrons. The maximum Gasteiger partial charge on any atom is 0.0618 e. The lowest BCUT2D eigenvalue weighted by Crippen LogP contribution is -2.49. The van der Waals surface area contributed by atoms with Crippen LogP contribution in [0.3, 0.4) is 0 Å². The zero-order chi connectivity index (χ0) is 12.3. The highest BCUT2D eigenvalue weighted by molar-refractivity contribution is 4.90. The van der Waals surface area contributed by atoms with Crippen LogP contribution in [0, 0.1) is 5.92 Å². The van der Waals surface area contributed by atoms with Crippen molar-refractivity contribution >= 4 is 0 Å². The maximum atomic E-state index is 5.33. The average molecular weight is 240 g/mol. The van der Waals surface area contributed by atoms with E-state index >= 15 is 0 Å². The molecule has 0 aromatic heterocycles. The van der Waals surface area contributed by atoms with E-state index in [1.165, 1.54) is 38.8 Å². The Bertz CT molecular complexity index is 220. The molecule has 0 spiro atoms. The zero-order valence-electron chi connectivity index (χ0n) is 11.6. The highest BCUT2D eigenvalue weighted by atomic mass is 16.5. The first-order valence-electron chi connectivity index (χ1n) is 7.19. The van der Waals surface area contributed by atoms with E-state index in [-0.39, 0.29) is 0 Å². The molecule has 1 aliphatic carbocycles. The first-order valence-corrected chi connectivity index (χ1v) is 7.19. The number of methoxy groups -OCH3 is 1. The Morgan fingerprint density at radius 3 is 2.29 bits per heavy atom. The van der Waals surface area contributed by atoms with Gasteiger partial charge in [0.2, 0.25) is 0 Å². The molecule has 0 aromatic rings. The van der Waals surface area contributed by atoms with Crippen molar-refractivity contribution in [2.45, 2.75) is 57.7 Å². The van der Waals surface area contributed by atoms with E-state index in [0.29, 0.717) is 18.1 Å². The standard InChI is InChI=1S/C14H28N2O/c1-11(2)16-8-6-13(7-9-16)15-14(10-17-3)12-4-5-12/h11-15H,4-10H2,1-3H3. The SMILES string of the molecule is COCC(NC1CCN(C(C)C)CC1)C1CC1. The number of nitrogens with zero attached hydrogens (tertiary/aromatic N) is 1. The molecule has 3 heteroatoms. The van der Waals surface area contributed by atoms with Crippen LogP contribution in [0.15, 0.2) is 0 Å². The summed E-state index contributed by atoms with van der Waals surface area (Å²) in [5.74, 6) is 0.887. The smallest absolute Gasteiger partial charge is 0.0618 e. The topological polar surface area (TPSA) is 24.5 Å². The minimum absolute atomic E-state index is 0.607. The van der Waals surface area contributed by atoms with Gasteiger partial charge >= 0.3 is 0 Å². The molecule has 1 aliphatic heterocycles. The summed E-state index contributed by atoms with van der Waals surface area (Å²) >= 11 is 0. The zero-order valence-corrected chi connectivity index (χ0v) is 11.6.